The highest BCUT2D eigenvalue weighted by atomic mass is 32.2. The molecule has 43 heavy (non-hydrogen) atoms. The number of halogens is 3. The van der Waals surface area contributed by atoms with E-state index in [9.17, 15) is 23.2 Å². The molecular weight excluding hydrogens is 599 g/mol. The SMILES string of the molecule is COc1ccc(OC)c([C@@H]2C(C#N)=C(N)N(c3nnc(SCc4cccc(C(F)(F)F)c4)s3)C3=C2C(=O)CC(C)(C)C3)c1. The predicted octanol–water partition coefficient (Wildman–Crippen LogP) is 6.81. The summed E-state index contributed by atoms with van der Waals surface area (Å²) in [6.07, 6.45) is -3.69. The molecule has 1 aliphatic heterocycles. The Kier molecular flexibility index (Phi) is 8.20. The molecule has 3 aromatic rings. The van der Waals surface area contributed by atoms with Crippen molar-refractivity contribution in [2.75, 3.05) is 19.1 Å². The Labute approximate surface area is 255 Å². The molecule has 2 aromatic carbocycles. The van der Waals surface area contributed by atoms with Crippen molar-refractivity contribution in [1.29, 1.82) is 5.26 Å². The van der Waals surface area contributed by atoms with Gasteiger partial charge in [0.1, 0.15) is 17.3 Å². The van der Waals surface area contributed by atoms with E-state index < -0.39 is 23.1 Å². The lowest BCUT2D eigenvalue weighted by atomic mass is 9.68. The predicted molar refractivity (Wildman–Crippen MR) is 158 cm³/mol. The van der Waals surface area contributed by atoms with Gasteiger partial charge in [0.2, 0.25) is 5.13 Å². The van der Waals surface area contributed by atoms with Crippen LogP contribution in [0.2, 0.25) is 0 Å². The van der Waals surface area contributed by atoms with Crippen LogP contribution in [-0.2, 0) is 16.7 Å². The molecule has 2 aliphatic rings. The molecule has 2 N–H and O–H groups in total. The molecule has 0 bridgehead atoms. The Bertz CT molecular complexity index is 1690. The summed E-state index contributed by atoms with van der Waals surface area (Å²) in [7, 11) is 3.04. The van der Waals surface area contributed by atoms with Crippen molar-refractivity contribution in [2.24, 2.45) is 11.1 Å². The molecule has 5 rings (SSSR count). The number of ketones is 1. The van der Waals surface area contributed by atoms with Crippen LogP contribution in [0.1, 0.15) is 49.3 Å². The number of rotatable bonds is 7. The number of carbonyl (C=O) groups excluding carboxylic acids is 1. The molecule has 0 saturated heterocycles. The van der Waals surface area contributed by atoms with E-state index in [4.69, 9.17) is 15.2 Å². The van der Waals surface area contributed by atoms with Crippen LogP contribution in [0, 0.1) is 16.7 Å². The molecule has 0 unspecified atom stereocenters. The normalized spacial score (nSPS) is 18.4. The highest BCUT2D eigenvalue weighted by molar-refractivity contribution is 8.00. The molecule has 0 fully saturated rings. The maximum atomic E-state index is 13.8. The van der Waals surface area contributed by atoms with Crippen molar-refractivity contribution in [3.8, 4) is 17.6 Å². The highest BCUT2D eigenvalue weighted by Gasteiger charge is 2.46. The fourth-order valence-corrected chi connectivity index (χ4v) is 7.26. The first-order valence-electron chi connectivity index (χ1n) is 13.2. The Morgan fingerprint density at radius 1 is 1.16 bits per heavy atom. The van der Waals surface area contributed by atoms with E-state index >= 15 is 0 Å². The van der Waals surface area contributed by atoms with Gasteiger partial charge in [-0.1, -0.05) is 55.1 Å². The van der Waals surface area contributed by atoms with Crippen molar-refractivity contribution >= 4 is 34.0 Å². The fraction of sp³-hybridized carbons (Fsp3) is 0.333. The zero-order valence-corrected chi connectivity index (χ0v) is 25.4. The van der Waals surface area contributed by atoms with Crippen molar-refractivity contribution in [3.63, 3.8) is 0 Å². The van der Waals surface area contributed by atoms with Crippen LogP contribution in [0.3, 0.4) is 0 Å². The zero-order valence-electron chi connectivity index (χ0n) is 23.8. The number of allylic oxidation sites excluding steroid dienone is 3. The van der Waals surface area contributed by atoms with Gasteiger partial charge >= 0.3 is 6.18 Å². The molecule has 1 aromatic heterocycles. The van der Waals surface area contributed by atoms with Crippen LogP contribution in [0.25, 0.3) is 0 Å². The van der Waals surface area contributed by atoms with E-state index in [1.807, 2.05) is 13.8 Å². The summed E-state index contributed by atoms with van der Waals surface area (Å²) in [5, 5.41) is 19.3. The largest absolute Gasteiger partial charge is 0.497 e. The number of anilines is 1. The smallest absolute Gasteiger partial charge is 0.416 e. The molecule has 0 amide bonds. The maximum absolute atomic E-state index is 13.8. The first kappa shape index (κ1) is 30.4. The van der Waals surface area contributed by atoms with E-state index in [1.165, 1.54) is 43.4 Å². The number of Topliss-reactive ketones (excluding diaryl/α,β-unsaturated/α-hetero) is 1. The summed E-state index contributed by atoms with van der Waals surface area (Å²) in [5.41, 5.74) is 7.89. The van der Waals surface area contributed by atoms with E-state index in [0.29, 0.717) is 49.8 Å². The summed E-state index contributed by atoms with van der Waals surface area (Å²) in [5.74, 6) is 0.472. The van der Waals surface area contributed by atoms with Crippen LogP contribution >= 0.6 is 23.1 Å². The van der Waals surface area contributed by atoms with Gasteiger partial charge in [-0.05, 0) is 41.7 Å². The van der Waals surface area contributed by atoms with Gasteiger partial charge in [-0.15, -0.1) is 10.2 Å². The summed E-state index contributed by atoms with van der Waals surface area (Å²) in [6, 6.07) is 12.6. The molecule has 1 aliphatic carbocycles. The lowest BCUT2D eigenvalue weighted by molar-refractivity contribution is -0.137. The Morgan fingerprint density at radius 3 is 2.60 bits per heavy atom. The second-order valence-corrected chi connectivity index (χ2v) is 13.1. The number of hydrogen-bond acceptors (Lipinski definition) is 10. The van der Waals surface area contributed by atoms with Crippen LogP contribution in [0.5, 0.6) is 11.5 Å². The monoisotopic (exact) mass is 627 g/mol. The van der Waals surface area contributed by atoms with Gasteiger partial charge in [0.25, 0.3) is 0 Å². The van der Waals surface area contributed by atoms with Gasteiger partial charge in [0.05, 0.1) is 37.3 Å². The summed E-state index contributed by atoms with van der Waals surface area (Å²) >= 11 is 2.42. The minimum atomic E-state index is -4.43. The molecule has 8 nitrogen and oxygen atoms in total. The molecule has 0 spiro atoms. The third-order valence-electron chi connectivity index (χ3n) is 7.33. The molecule has 0 radical (unpaired) electrons. The Hall–Kier alpha value is -4.02. The number of hydrogen-bond donors (Lipinski definition) is 1. The van der Waals surface area contributed by atoms with Gasteiger partial charge in [-0.2, -0.15) is 18.4 Å². The average Bonchev–Trinajstić information content (AvgIpc) is 3.42. The van der Waals surface area contributed by atoms with Crippen molar-refractivity contribution in [2.45, 2.75) is 48.9 Å². The third-order valence-corrected chi connectivity index (χ3v) is 9.45. The number of benzene rings is 2. The van der Waals surface area contributed by atoms with Gasteiger partial charge in [-0.25, -0.2) is 0 Å². The van der Waals surface area contributed by atoms with Crippen molar-refractivity contribution in [3.05, 3.63) is 81.8 Å². The fourth-order valence-electron chi connectivity index (χ4n) is 5.44. The van der Waals surface area contributed by atoms with Crippen LogP contribution in [0.15, 0.2) is 69.5 Å². The number of methoxy groups -OCH3 is 2. The summed E-state index contributed by atoms with van der Waals surface area (Å²) in [4.78, 5) is 15.5. The number of ether oxygens (including phenoxy) is 2. The van der Waals surface area contributed by atoms with Gasteiger partial charge in [0.15, 0.2) is 10.1 Å². The molecule has 13 heteroatoms. The number of carbonyl (C=O) groups is 1. The van der Waals surface area contributed by atoms with E-state index in [0.717, 1.165) is 12.1 Å². The van der Waals surface area contributed by atoms with Crippen LogP contribution in [0.4, 0.5) is 18.3 Å². The minimum Gasteiger partial charge on any atom is -0.497 e. The molecule has 0 saturated carbocycles. The quantitative estimate of drug-likeness (QED) is 0.282. The third kappa shape index (κ3) is 5.94. The second-order valence-electron chi connectivity index (χ2n) is 10.9. The lowest BCUT2D eigenvalue weighted by Crippen LogP contribution is -2.42. The number of nitrogens with zero attached hydrogens (tertiary/aromatic N) is 4. The number of aromatic nitrogens is 2. The molecule has 224 valence electrons. The summed E-state index contributed by atoms with van der Waals surface area (Å²) < 4.78 is 51.0. The van der Waals surface area contributed by atoms with Crippen molar-refractivity contribution < 1.29 is 27.4 Å². The van der Waals surface area contributed by atoms with Crippen LogP contribution in [-0.4, -0.2) is 30.2 Å². The average molecular weight is 628 g/mol. The number of nitrogens with two attached hydrogens (primary N) is 1. The van der Waals surface area contributed by atoms with E-state index in [2.05, 4.69) is 16.3 Å². The maximum Gasteiger partial charge on any atom is 0.416 e. The Balaban J connectivity index is 1.56. The lowest BCUT2D eigenvalue weighted by Gasteiger charge is -2.42. The van der Waals surface area contributed by atoms with Crippen LogP contribution < -0.4 is 20.1 Å². The molecule has 2 heterocycles. The number of alkyl halides is 3. The van der Waals surface area contributed by atoms with Crippen molar-refractivity contribution in [1.82, 2.24) is 10.2 Å². The standard InChI is InChI=1S/C30H28F3N5O3S2/c1-29(2)12-21-25(22(39)13-29)24(19-11-18(40-3)8-9-23(19)41-4)20(14-34)26(35)38(21)27-36-37-28(43-27)42-15-16-6-5-7-17(10-16)30(31,32)33/h5-11,24H,12-13,15,35H2,1-4H3/t24-/m1/s1. The minimum absolute atomic E-state index is 0.116. The second kappa shape index (κ2) is 11.6. The van der Waals surface area contributed by atoms with Gasteiger partial charge in [0, 0.05) is 29.0 Å². The molecule has 1 atom stereocenters. The Morgan fingerprint density at radius 2 is 1.93 bits per heavy atom. The van der Waals surface area contributed by atoms with Gasteiger partial charge < -0.3 is 15.2 Å². The highest BCUT2D eigenvalue weighted by Crippen LogP contribution is 2.52. The number of thioether (sulfide) groups is 1. The molecular formula is C30H28F3N5O3S2. The first-order valence-corrected chi connectivity index (χ1v) is 15.0. The van der Waals surface area contributed by atoms with E-state index in [-0.39, 0.29) is 29.4 Å². The topological polar surface area (TPSA) is 114 Å². The first-order chi connectivity index (χ1) is 20.4. The number of nitriles is 1. The summed E-state index contributed by atoms with van der Waals surface area (Å²) in [6.45, 7) is 3.98. The zero-order chi connectivity index (χ0) is 31.1. The van der Waals surface area contributed by atoms with Gasteiger partial charge in [-0.3, -0.25) is 9.69 Å². The van der Waals surface area contributed by atoms with E-state index in [1.54, 1.807) is 29.2 Å².